The molecule has 0 saturated heterocycles. The third kappa shape index (κ3) is 3.00. The lowest BCUT2D eigenvalue weighted by atomic mass is 10.1. The van der Waals surface area contributed by atoms with Crippen molar-refractivity contribution < 1.29 is 37.3 Å². The number of aliphatic carboxylic acids is 1. The van der Waals surface area contributed by atoms with Crippen molar-refractivity contribution in [2.24, 2.45) is 0 Å². The van der Waals surface area contributed by atoms with Crippen molar-refractivity contribution in [2.45, 2.75) is 12.5 Å². The fraction of sp³-hybridized carbons (Fsp3) is 0.222. The Morgan fingerprint density at radius 3 is 2.39 bits per heavy atom. The van der Waals surface area contributed by atoms with E-state index in [1.54, 1.807) is 0 Å². The van der Waals surface area contributed by atoms with Crippen LogP contribution < -0.4 is 10.5 Å². The summed E-state index contributed by atoms with van der Waals surface area (Å²) in [4.78, 5) is 10.5. The summed E-state index contributed by atoms with van der Waals surface area (Å²) in [6.07, 6.45) is -7.54. The third-order valence-electron chi connectivity index (χ3n) is 1.91. The zero-order chi connectivity index (χ0) is 14.1. The van der Waals surface area contributed by atoms with E-state index in [4.69, 9.17) is 15.9 Å². The highest BCUT2D eigenvalue weighted by atomic mass is 19.4. The summed E-state index contributed by atoms with van der Waals surface area (Å²) in [7, 11) is 0. The first-order chi connectivity index (χ1) is 8.13. The molecular formula is C9H7F4NO4. The zero-order valence-corrected chi connectivity index (χ0v) is 8.53. The summed E-state index contributed by atoms with van der Waals surface area (Å²) in [5.41, 5.74) is 3.71. The molecule has 100 valence electrons. The average Bonchev–Trinajstić information content (AvgIpc) is 2.20. The van der Waals surface area contributed by atoms with Gasteiger partial charge in [0.15, 0.2) is 17.7 Å². The first-order valence-corrected chi connectivity index (χ1v) is 4.38. The zero-order valence-electron chi connectivity index (χ0n) is 8.53. The molecule has 0 amide bonds. The van der Waals surface area contributed by atoms with Crippen LogP contribution in [-0.4, -0.2) is 22.5 Å². The normalized spacial score (nSPS) is 13.2. The van der Waals surface area contributed by atoms with Gasteiger partial charge in [0.2, 0.25) is 0 Å². The van der Waals surface area contributed by atoms with E-state index in [2.05, 4.69) is 4.74 Å². The van der Waals surface area contributed by atoms with E-state index in [1.807, 2.05) is 0 Å². The van der Waals surface area contributed by atoms with Crippen molar-refractivity contribution in [1.29, 1.82) is 0 Å². The number of hydrogen-bond donors (Lipinski definition) is 3. The first-order valence-electron chi connectivity index (χ1n) is 4.38. The lowest BCUT2D eigenvalue weighted by molar-refractivity contribution is -0.275. The van der Waals surface area contributed by atoms with Gasteiger partial charge in [-0.1, -0.05) is 0 Å². The van der Waals surface area contributed by atoms with Gasteiger partial charge >= 0.3 is 12.3 Å². The van der Waals surface area contributed by atoms with Gasteiger partial charge in [0.05, 0.1) is 5.56 Å². The van der Waals surface area contributed by atoms with Crippen LogP contribution >= 0.6 is 0 Å². The van der Waals surface area contributed by atoms with Gasteiger partial charge in [-0.3, -0.25) is 0 Å². The van der Waals surface area contributed by atoms with Gasteiger partial charge in [-0.15, -0.1) is 13.2 Å². The lowest BCUT2D eigenvalue weighted by Crippen LogP contribution is -2.20. The second kappa shape index (κ2) is 4.69. The number of aliphatic hydroxyl groups excluding tert-OH is 1. The van der Waals surface area contributed by atoms with Crippen LogP contribution in [-0.2, 0) is 4.79 Å². The first kappa shape index (κ1) is 14.0. The highest BCUT2D eigenvalue weighted by molar-refractivity contribution is 5.77. The number of carboxylic acid groups (broad SMARTS) is 1. The number of rotatable bonds is 3. The number of carbonyl (C=O) groups is 1. The molecule has 1 aromatic carbocycles. The second-order valence-corrected chi connectivity index (χ2v) is 3.17. The summed E-state index contributed by atoms with van der Waals surface area (Å²) in [6.45, 7) is 0. The Labute approximate surface area is 97.4 Å². The molecule has 1 unspecified atom stereocenters. The quantitative estimate of drug-likeness (QED) is 0.570. The SMILES string of the molecule is Nc1ccc(OC(F)(F)F)c(F)c1C(O)C(=O)O. The van der Waals surface area contributed by atoms with Crippen molar-refractivity contribution in [2.75, 3.05) is 5.73 Å². The van der Waals surface area contributed by atoms with Crippen LogP contribution in [0.25, 0.3) is 0 Å². The summed E-state index contributed by atoms with van der Waals surface area (Å²) >= 11 is 0. The third-order valence-corrected chi connectivity index (χ3v) is 1.91. The molecule has 1 aromatic rings. The molecule has 1 rings (SSSR count). The minimum atomic E-state index is -5.15. The van der Waals surface area contributed by atoms with Gasteiger partial charge in [-0.25, -0.2) is 9.18 Å². The number of alkyl halides is 3. The number of anilines is 1. The lowest BCUT2D eigenvalue weighted by Gasteiger charge is -2.15. The molecule has 0 heterocycles. The van der Waals surface area contributed by atoms with Gasteiger partial charge in [-0.05, 0) is 12.1 Å². The number of nitrogens with two attached hydrogens (primary N) is 1. The van der Waals surface area contributed by atoms with Gasteiger partial charge in [0, 0.05) is 5.69 Å². The summed E-state index contributed by atoms with van der Waals surface area (Å²) < 4.78 is 52.6. The van der Waals surface area contributed by atoms with Crippen LogP contribution in [0, 0.1) is 5.82 Å². The smallest absolute Gasteiger partial charge is 0.479 e. The maximum atomic E-state index is 13.5. The largest absolute Gasteiger partial charge is 0.573 e. The van der Waals surface area contributed by atoms with E-state index in [9.17, 15) is 22.4 Å². The highest BCUT2D eigenvalue weighted by Crippen LogP contribution is 2.33. The number of carboxylic acids is 1. The molecule has 9 heteroatoms. The summed E-state index contributed by atoms with van der Waals surface area (Å²) in [5, 5.41) is 17.6. The number of nitrogen functional groups attached to an aromatic ring is 1. The Morgan fingerprint density at radius 1 is 1.39 bits per heavy atom. The Morgan fingerprint density at radius 2 is 1.94 bits per heavy atom. The topological polar surface area (TPSA) is 92.8 Å². The van der Waals surface area contributed by atoms with E-state index in [0.29, 0.717) is 6.07 Å². The van der Waals surface area contributed by atoms with Crippen LogP contribution in [0.15, 0.2) is 12.1 Å². The summed E-state index contributed by atoms with van der Waals surface area (Å²) in [5.74, 6) is -4.81. The van der Waals surface area contributed by atoms with E-state index in [-0.39, 0.29) is 0 Å². The highest BCUT2D eigenvalue weighted by Gasteiger charge is 2.34. The van der Waals surface area contributed by atoms with Crippen LogP contribution in [0.3, 0.4) is 0 Å². The van der Waals surface area contributed by atoms with Crippen LogP contribution in [0.5, 0.6) is 5.75 Å². The molecule has 18 heavy (non-hydrogen) atoms. The van der Waals surface area contributed by atoms with Gasteiger partial charge < -0.3 is 20.7 Å². The van der Waals surface area contributed by atoms with Gasteiger partial charge in [0.1, 0.15) is 0 Å². The molecule has 0 aliphatic rings. The molecule has 0 saturated carbocycles. The Hall–Kier alpha value is -2.03. The van der Waals surface area contributed by atoms with E-state index < -0.39 is 41.3 Å². The molecular weight excluding hydrogens is 262 g/mol. The second-order valence-electron chi connectivity index (χ2n) is 3.17. The van der Waals surface area contributed by atoms with Gasteiger partial charge in [-0.2, -0.15) is 0 Å². The van der Waals surface area contributed by atoms with Crippen molar-refractivity contribution >= 4 is 11.7 Å². The van der Waals surface area contributed by atoms with Crippen molar-refractivity contribution in [3.05, 3.63) is 23.5 Å². The predicted molar refractivity (Wildman–Crippen MR) is 50.1 cm³/mol. The number of halogens is 4. The van der Waals surface area contributed by atoms with Crippen LogP contribution in [0.1, 0.15) is 11.7 Å². The Bertz CT molecular complexity index is 474. The van der Waals surface area contributed by atoms with E-state index in [0.717, 1.165) is 6.07 Å². The maximum Gasteiger partial charge on any atom is 0.573 e. The molecule has 0 fully saturated rings. The minimum Gasteiger partial charge on any atom is -0.479 e. The van der Waals surface area contributed by atoms with Crippen molar-refractivity contribution in [3.63, 3.8) is 0 Å². The van der Waals surface area contributed by atoms with Gasteiger partial charge in [0.25, 0.3) is 0 Å². The molecule has 0 aliphatic heterocycles. The summed E-state index contributed by atoms with van der Waals surface area (Å²) in [6, 6.07) is 1.38. The van der Waals surface area contributed by atoms with Crippen LogP contribution in [0.2, 0.25) is 0 Å². The molecule has 0 bridgehead atoms. The van der Waals surface area contributed by atoms with E-state index in [1.165, 1.54) is 0 Å². The average molecular weight is 269 g/mol. The standard InChI is InChI=1S/C9H7F4NO4/c10-6-4(18-9(11,12)13)2-1-3(14)5(6)7(15)8(16)17/h1-2,7,15H,14H2,(H,16,17). The van der Waals surface area contributed by atoms with Crippen molar-refractivity contribution in [1.82, 2.24) is 0 Å². The minimum absolute atomic E-state index is 0.503. The van der Waals surface area contributed by atoms with E-state index >= 15 is 0 Å². The fourth-order valence-electron chi connectivity index (χ4n) is 1.19. The molecule has 0 radical (unpaired) electrons. The molecule has 5 nitrogen and oxygen atoms in total. The van der Waals surface area contributed by atoms with Crippen molar-refractivity contribution in [3.8, 4) is 5.75 Å². The molecule has 0 spiro atoms. The number of aliphatic hydroxyl groups is 1. The maximum absolute atomic E-state index is 13.5. The Kier molecular flexibility index (Phi) is 3.65. The Balaban J connectivity index is 3.27. The van der Waals surface area contributed by atoms with Crippen LogP contribution in [0.4, 0.5) is 23.2 Å². The number of hydrogen-bond acceptors (Lipinski definition) is 4. The predicted octanol–water partition coefficient (Wildman–Crippen LogP) is 1.42. The molecule has 0 aliphatic carbocycles. The number of ether oxygens (including phenoxy) is 1. The monoisotopic (exact) mass is 269 g/mol. The molecule has 4 N–H and O–H groups in total. The molecule has 0 aromatic heterocycles. The fourth-order valence-corrected chi connectivity index (χ4v) is 1.19. The number of benzene rings is 1. The molecule has 1 atom stereocenters.